The highest BCUT2D eigenvalue weighted by molar-refractivity contribution is 7.87. The highest BCUT2D eigenvalue weighted by Crippen LogP contribution is 1.82. The van der Waals surface area contributed by atoms with E-state index in [0.717, 1.165) is 12.7 Å². The first-order chi connectivity index (χ1) is 4.11. The molecule has 0 aliphatic rings. The molecule has 0 aliphatic heterocycles. The normalized spacial score (nSPS) is 11.7. The van der Waals surface area contributed by atoms with Gasteiger partial charge in [0.1, 0.15) is 12.7 Å². The zero-order valence-electron chi connectivity index (χ0n) is 4.30. The maximum atomic E-state index is 10.4. The largest absolute Gasteiger partial charge is 0.305 e. The van der Waals surface area contributed by atoms with Crippen LogP contribution in [0.15, 0.2) is 12.7 Å². The van der Waals surface area contributed by atoms with Gasteiger partial charge in [-0.2, -0.15) is 8.42 Å². The number of hydrogen-bond acceptors (Lipinski definition) is 4. The van der Waals surface area contributed by atoms with Crippen LogP contribution in [-0.4, -0.2) is 22.6 Å². The molecule has 9 heavy (non-hydrogen) atoms. The summed E-state index contributed by atoms with van der Waals surface area (Å²) in [6, 6.07) is 0. The lowest BCUT2D eigenvalue weighted by Gasteiger charge is -1.91. The molecule has 1 aromatic rings. The molecule has 0 atom stereocenters. The quantitative estimate of drug-likeness (QED) is 0.515. The Morgan fingerprint density at radius 3 is 2.00 bits per heavy atom. The van der Waals surface area contributed by atoms with Crippen LogP contribution >= 0.6 is 0 Å². The van der Waals surface area contributed by atoms with Gasteiger partial charge in [-0.25, -0.2) is 9.11 Å². The Labute approximate surface area is 51.5 Å². The van der Waals surface area contributed by atoms with Crippen molar-refractivity contribution in [2.24, 2.45) is 5.14 Å². The summed E-state index contributed by atoms with van der Waals surface area (Å²) in [4.78, 5) is 0. The maximum absolute atomic E-state index is 10.4. The van der Waals surface area contributed by atoms with Crippen molar-refractivity contribution in [3.05, 3.63) is 12.7 Å². The van der Waals surface area contributed by atoms with Crippen molar-refractivity contribution in [2.45, 2.75) is 0 Å². The number of nitrogens with two attached hydrogens (primary N) is 1. The molecule has 0 unspecified atom stereocenters. The van der Waals surface area contributed by atoms with Gasteiger partial charge in [0.15, 0.2) is 0 Å². The molecule has 0 spiro atoms. The van der Waals surface area contributed by atoms with Gasteiger partial charge in [-0.05, 0) is 0 Å². The highest BCUT2D eigenvalue weighted by Gasteiger charge is 2.02. The van der Waals surface area contributed by atoms with Crippen molar-refractivity contribution in [1.82, 2.24) is 14.2 Å². The molecular formula is C2H4N4O2S. The third-order valence-corrected chi connectivity index (χ3v) is 1.47. The summed E-state index contributed by atoms with van der Waals surface area (Å²) < 4.78 is 21.4. The monoisotopic (exact) mass is 148 g/mol. The van der Waals surface area contributed by atoms with E-state index in [1.165, 1.54) is 0 Å². The molecule has 50 valence electrons. The van der Waals surface area contributed by atoms with E-state index >= 15 is 0 Å². The summed E-state index contributed by atoms with van der Waals surface area (Å²) in [5.41, 5.74) is 0. The van der Waals surface area contributed by atoms with Crippen LogP contribution in [0.25, 0.3) is 0 Å². The van der Waals surface area contributed by atoms with Gasteiger partial charge in [0.25, 0.3) is 0 Å². The van der Waals surface area contributed by atoms with Gasteiger partial charge in [0, 0.05) is 0 Å². The molecule has 0 aromatic carbocycles. The summed E-state index contributed by atoms with van der Waals surface area (Å²) >= 11 is 0. The fourth-order valence-electron chi connectivity index (χ4n) is 0.323. The minimum atomic E-state index is -3.67. The summed E-state index contributed by atoms with van der Waals surface area (Å²) in [5, 5.41) is 11.1. The fraction of sp³-hybridized carbons (Fsp3) is 0. The standard InChI is InChI=1S/C2H4N4O2S/c3-9(7,8)6-1-4-5-2-6/h1-2H,(H2,3,7,8). The highest BCUT2D eigenvalue weighted by atomic mass is 32.2. The molecule has 7 heteroatoms. The van der Waals surface area contributed by atoms with Gasteiger partial charge in [0.2, 0.25) is 0 Å². The van der Waals surface area contributed by atoms with Gasteiger partial charge in [0.05, 0.1) is 0 Å². The molecule has 0 saturated carbocycles. The topological polar surface area (TPSA) is 90.9 Å². The number of hydrogen-bond donors (Lipinski definition) is 1. The van der Waals surface area contributed by atoms with Gasteiger partial charge in [-0.15, -0.1) is 10.2 Å². The van der Waals surface area contributed by atoms with E-state index in [2.05, 4.69) is 15.3 Å². The molecule has 0 saturated heterocycles. The zero-order chi connectivity index (χ0) is 6.91. The second-order valence-corrected chi connectivity index (χ2v) is 2.79. The smallest absolute Gasteiger partial charge is 0.211 e. The zero-order valence-corrected chi connectivity index (χ0v) is 5.11. The van der Waals surface area contributed by atoms with Crippen molar-refractivity contribution < 1.29 is 8.42 Å². The summed E-state index contributed by atoms with van der Waals surface area (Å²) in [7, 11) is -3.67. The average molecular weight is 148 g/mol. The Morgan fingerprint density at radius 1 is 1.33 bits per heavy atom. The lowest BCUT2D eigenvalue weighted by molar-refractivity contribution is 0.589. The molecule has 0 radical (unpaired) electrons. The molecule has 2 N–H and O–H groups in total. The van der Waals surface area contributed by atoms with Crippen LogP contribution in [0.1, 0.15) is 0 Å². The maximum Gasteiger partial charge on any atom is 0.305 e. The minimum absolute atomic E-state index is 0.715. The van der Waals surface area contributed by atoms with Crippen LogP contribution in [0.2, 0.25) is 0 Å². The number of nitrogens with zero attached hydrogens (tertiary/aromatic N) is 3. The van der Waals surface area contributed by atoms with E-state index in [4.69, 9.17) is 0 Å². The Hall–Kier alpha value is -0.950. The third kappa shape index (κ3) is 1.24. The van der Waals surface area contributed by atoms with Crippen LogP contribution in [0, 0.1) is 0 Å². The summed E-state index contributed by atoms with van der Waals surface area (Å²) in [6.07, 6.45) is 2.02. The van der Waals surface area contributed by atoms with Gasteiger partial charge in [-0.1, -0.05) is 0 Å². The fourth-order valence-corrected chi connectivity index (χ4v) is 0.670. The van der Waals surface area contributed by atoms with E-state index in [-0.39, 0.29) is 0 Å². The van der Waals surface area contributed by atoms with Crippen LogP contribution in [0.3, 0.4) is 0 Å². The predicted molar refractivity (Wildman–Crippen MR) is 28.5 cm³/mol. The Morgan fingerprint density at radius 2 is 1.78 bits per heavy atom. The molecule has 1 rings (SSSR count). The van der Waals surface area contributed by atoms with Gasteiger partial charge in [-0.3, -0.25) is 0 Å². The van der Waals surface area contributed by atoms with Crippen LogP contribution in [0.4, 0.5) is 0 Å². The van der Waals surface area contributed by atoms with E-state index in [1.807, 2.05) is 0 Å². The molecular weight excluding hydrogens is 144 g/mol. The number of rotatable bonds is 1. The average Bonchev–Trinajstić information content (AvgIpc) is 2.08. The third-order valence-electron chi connectivity index (χ3n) is 0.691. The molecule has 6 nitrogen and oxygen atoms in total. The van der Waals surface area contributed by atoms with Crippen LogP contribution in [0.5, 0.6) is 0 Å². The van der Waals surface area contributed by atoms with E-state index in [9.17, 15) is 8.42 Å². The van der Waals surface area contributed by atoms with Crippen molar-refractivity contribution in [1.29, 1.82) is 0 Å². The SMILES string of the molecule is NS(=O)(=O)n1cnnc1. The van der Waals surface area contributed by atoms with E-state index in [0.29, 0.717) is 3.97 Å². The van der Waals surface area contributed by atoms with Gasteiger partial charge < -0.3 is 0 Å². The van der Waals surface area contributed by atoms with E-state index in [1.54, 1.807) is 0 Å². The van der Waals surface area contributed by atoms with Crippen molar-refractivity contribution in [3.8, 4) is 0 Å². The molecule has 0 amide bonds. The van der Waals surface area contributed by atoms with Crippen molar-refractivity contribution in [3.63, 3.8) is 0 Å². The lowest BCUT2D eigenvalue weighted by atomic mass is 11.3. The van der Waals surface area contributed by atoms with Crippen LogP contribution in [-0.2, 0) is 10.2 Å². The molecule has 1 aromatic heterocycles. The first kappa shape index (κ1) is 6.17. The Balaban J connectivity index is 3.20. The molecule has 0 fully saturated rings. The van der Waals surface area contributed by atoms with Crippen molar-refractivity contribution >= 4 is 10.2 Å². The number of aromatic nitrogens is 3. The van der Waals surface area contributed by atoms with Crippen molar-refractivity contribution in [2.75, 3.05) is 0 Å². The Kier molecular flexibility index (Phi) is 1.22. The molecule has 1 heterocycles. The van der Waals surface area contributed by atoms with Gasteiger partial charge >= 0.3 is 10.2 Å². The first-order valence-corrected chi connectivity index (χ1v) is 3.49. The minimum Gasteiger partial charge on any atom is -0.211 e. The lowest BCUT2D eigenvalue weighted by Crippen LogP contribution is -2.19. The summed E-state index contributed by atoms with van der Waals surface area (Å²) in [5.74, 6) is 0. The van der Waals surface area contributed by atoms with E-state index < -0.39 is 10.2 Å². The molecule has 0 bridgehead atoms. The second kappa shape index (κ2) is 1.78. The Bertz CT molecular complexity index is 274. The first-order valence-electron chi connectivity index (χ1n) is 1.98. The summed E-state index contributed by atoms with van der Waals surface area (Å²) in [6.45, 7) is 0. The molecule has 0 aliphatic carbocycles. The van der Waals surface area contributed by atoms with Crippen LogP contribution < -0.4 is 5.14 Å². The second-order valence-electron chi connectivity index (χ2n) is 1.34. The predicted octanol–water partition coefficient (Wildman–Crippen LogP) is -1.67.